The molecule has 0 atom stereocenters. The molecule has 0 aliphatic rings. The number of hydrogen-bond acceptors (Lipinski definition) is 4. The molecule has 0 fully saturated rings. The fourth-order valence-corrected chi connectivity index (χ4v) is 3.59. The molecule has 0 radical (unpaired) electrons. The fourth-order valence-electron chi connectivity index (χ4n) is 3.35. The Morgan fingerprint density at radius 1 is 0.943 bits per heavy atom. The van der Waals surface area contributed by atoms with Gasteiger partial charge in [-0.25, -0.2) is 4.79 Å². The van der Waals surface area contributed by atoms with E-state index in [1.54, 1.807) is 29.2 Å². The van der Waals surface area contributed by atoms with Crippen molar-refractivity contribution in [3.63, 3.8) is 0 Å². The van der Waals surface area contributed by atoms with Crippen LogP contribution in [0.25, 0.3) is 0 Å². The zero-order valence-electron chi connectivity index (χ0n) is 18.9. The van der Waals surface area contributed by atoms with Gasteiger partial charge in [0.2, 0.25) is 0 Å². The average Bonchev–Trinajstić information content (AvgIpc) is 2.83. The standard InChI is InChI=1S/C25H23F3N2O4S/c1-33-21-11-8-17(12-22(21)34-2)15-30(14-16-6-9-18(10-7-16)23(31)32)24(35)29-20-5-3-4-19(13-20)25(26,27)28/h3-13H,14-15H2,1-2H3,(H,29,35)(H,31,32). The van der Waals surface area contributed by atoms with E-state index in [2.05, 4.69) is 5.32 Å². The van der Waals surface area contributed by atoms with Gasteiger partial charge in [0.15, 0.2) is 16.6 Å². The number of methoxy groups -OCH3 is 2. The average molecular weight is 505 g/mol. The van der Waals surface area contributed by atoms with Gasteiger partial charge in [-0.2, -0.15) is 13.2 Å². The van der Waals surface area contributed by atoms with Gasteiger partial charge in [0.25, 0.3) is 0 Å². The number of carboxylic acids is 1. The number of anilines is 1. The summed E-state index contributed by atoms with van der Waals surface area (Å²) in [6.45, 7) is 0.574. The lowest BCUT2D eigenvalue weighted by Gasteiger charge is -2.27. The Morgan fingerprint density at radius 3 is 2.17 bits per heavy atom. The number of hydrogen-bond donors (Lipinski definition) is 2. The first-order chi connectivity index (χ1) is 16.6. The summed E-state index contributed by atoms with van der Waals surface area (Å²) in [5.74, 6) is 0.0321. The maximum Gasteiger partial charge on any atom is 0.416 e. The molecule has 0 aliphatic heterocycles. The highest BCUT2D eigenvalue weighted by atomic mass is 32.1. The lowest BCUT2D eigenvalue weighted by molar-refractivity contribution is -0.137. The van der Waals surface area contributed by atoms with Gasteiger partial charge in [0.05, 0.1) is 25.3 Å². The Kier molecular flexibility index (Phi) is 8.18. The Morgan fingerprint density at radius 2 is 1.57 bits per heavy atom. The molecule has 3 rings (SSSR count). The van der Waals surface area contributed by atoms with E-state index in [0.717, 1.165) is 23.3 Å². The van der Waals surface area contributed by atoms with E-state index in [0.29, 0.717) is 18.0 Å². The van der Waals surface area contributed by atoms with Gasteiger partial charge in [-0.05, 0) is 65.8 Å². The number of thiocarbonyl (C=S) groups is 1. The number of carboxylic acid groups (broad SMARTS) is 1. The quantitative estimate of drug-likeness (QED) is 0.375. The first kappa shape index (κ1) is 25.8. The number of alkyl halides is 3. The number of nitrogens with one attached hydrogen (secondary N) is 1. The number of carbonyl (C=O) groups is 1. The maximum absolute atomic E-state index is 13.1. The monoisotopic (exact) mass is 504 g/mol. The predicted molar refractivity (Wildman–Crippen MR) is 130 cm³/mol. The molecule has 0 unspecified atom stereocenters. The van der Waals surface area contributed by atoms with Crippen LogP contribution in [0.2, 0.25) is 0 Å². The topological polar surface area (TPSA) is 71.0 Å². The number of rotatable bonds is 8. The van der Waals surface area contributed by atoms with Crippen LogP contribution in [0.15, 0.2) is 66.7 Å². The third-order valence-electron chi connectivity index (χ3n) is 5.12. The van der Waals surface area contributed by atoms with Crippen molar-refractivity contribution in [1.82, 2.24) is 4.90 Å². The fraction of sp³-hybridized carbons (Fsp3) is 0.200. The largest absolute Gasteiger partial charge is 0.493 e. The second-order valence-electron chi connectivity index (χ2n) is 7.56. The van der Waals surface area contributed by atoms with Crippen molar-refractivity contribution in [2.24, 2.45) is 0 Å². The minimum absolute atomic E-state index is 0.143. The molecule has 0 aliphatic carbocycles. The van der Waals surface area contributed by atoms with Gasteiger partial charge in [0.1, 0.15) is 0 Å². The lowest BCUT2D eigenvalue weighted by Crippen LogP contribution is -2.34. The molecule has 0 saturated carbocycles. The smallest absolute Gasteiger partial charge is 0.416 e. The summed E-state index contributed by atoms with van der Waals surface area (Å²) in [5, 5.41) is 12.2. The number of nitrogens with zero attached hydrogens (tertiary/aromatic N) is 1. The molecule has 10 heteroatoms. The summed E-state index contributed by atoms with van der Waals surface area (Å²) in [5.41, 5.74) is 1.14. The molecule has 0 saturated heterocycles. The Bertz CT molecular complexity index is 1200. The number of benzene rings is 3. The first-order valence-electron chi connectivity index (χ1n) is 10.4. The Balaban J connectivity index is 1.88. The van der Waals surface area contributed by atoms with Gasteiger partial charge < -0.3 is 24.8 Å². The van der Waals surface area contributed by atoms with Crippen LogP contribution in [0, 0.1) is 0 Å². The molecule has 2 N–H and O–H groups in total. The van der Waals surface area contributed by atoms with Crippen molar-refractivity contribution in [2.45, 2.75) is 19.3 Å². The van der Waals surface area contributed by atoms with E-state index in [4.69, 9.17) is 26.8 Å². The van der Waals surface area contributed by atoms with E-state index in [1.165, 1.54) is 38.5 Å². The SMILES string of the molecule is COc1ccc(CN(Cc2ccc(C(=O)O)cc2)C(=S)Nc2cccc(C(F)(F)F)c2)cc1OC. The molecule has 0 spiro atoms. The normalized spacial score (nSPS) is 11.0. The van der Waals surface area contributed by atoms with Crippen LogP contribution in [0.3, 0.4) is 0 Å². The first-order valence-corrected chi connectivity index (χ1v) is 10.8. The van der Waals surface area contributed by atoms with Gasteiger partial charge in [-0.3, -0.25) is 0 Å². The summed E-state index contributed by atoms with van der Waals surface area (Å²) in [6, 6.07) is 16.4. The van der Waals surface area contributed by atoms with Crippen LogP contribution in [0.1, 0.15) is 27.0 Å². The minimum Gasteiger partial charge on any atom is -0.493 e. The third-order valence-corrected chi connectivity index (χ3v) is 5.48. The van der Waals surface area contributed by atoms with Crippen molar-refractivity contribution >= 4 is 29.0 Å². The Hall–Kier alpha value is -3.79. The number of ether oxygens (including phenoxy) is 2. The molecular formula is C25H23F3N2O4S. The van der Waals surface area contributed by atoms with Crippen LogP contribution in [-0.2, 0) is 19.3 Å². The molecule has 3 aromatic rings. The zero-order chi connectivity index (χ0) is 25.6. The molecular weight excluding hydrogens is 481 g/mol. The molecule has 184 valence electrons. The van der Waals surface area contributed by atoms with E-state index in [-0.39, 0.29) is 22.9 Å². The van der Waals surface area contributed by atoms with Crippen molar-refractivity contribution < 1.29 is 32.5 Å². The molecule has 6 nitrogen and oxygen atoms in total. The highest BCUT2D eigenvalue weighted by Gasteiger charge is 2.30. The maximum atomic E-state index is 13.1. The van der Waals surface area contributed by atoms with E-state index < -0.39 is 17.7 Å². The molecule has 0 amide bonds. The highest BCUT2D eigenvalue weighted by Crippen LogP contribution is 2.31. The molecule has 0 aromatic heterocycles. The van der Waals surface area contributed by atoms with Crippen molar-refractivity contribution in [1.29, 1.82) is 0 Å². The summed E-state index contributed by atoms with van der Waals surface area (Å²) in [4.78, 5) is 12.9. The minimum atomic E-state index is -4.48. The van der Waals surface area contributed by atoms with Crippen LogP contribution in [0.5, 0.6) is 11.5 Å². The van der Waals surface area contributed by atoms with Crippen LogP contribution >= 0.6 is 12.2 Å². The zero-order valence-corrected chi connectivity index (χ0v) is 19.7. The van der Waals surface area contributed by atoms with Gasteiger partial charge >= 0.3 is 12.1 Å². The highest BCUT2D eigenvalue weighted by molar-refractivity contribution is 7.80. The summed E-state index contributed by atoms with van der Waals surface area (Å²) < 4.78 is 50.0. The lowest BCUT2D eigenvalue weighted by atomic mass is 10.1. The van der Waals surface area contributed by atoms with Gasteiger partial charge in [-0.1, -0.05) is 24.3 Å². The number of halogens is 3. The summed E-state index contributed by atoms with van der Waals surface area (Å²) >= 11 is 5.55. The predicted octanol–water partition coefficient (Wildman–Crippen LogP) is 5.82. The van der Waals surface area contributed by atoms with Gasteiger partial charge in [-0.15, -0.1) is 0 Å². The van der Waals surface area contributed by atoms with Crippen molar-refractivity contribution in [3.8, 4) is 11.5 Å². The van der Waals surface area contributed by atoms with Gasteiger partial charge in [0, 0.05) is 18.8 Å². The van der Waals surface area contributed by atoms with E-state index >= 15 is 0 Å². The van der Waals surface area contributed by atoms with Crippen molar-refractivity contribution in [3.05, 3.63) is 89.0 Å². The molecule has 35 heavy (non-hydrogen) atoms. The number of aromatic carboxylic acids is 1. The van der Waals surface area contributed by atoms with Crippen LogP contribution in [0.4, 0.5) is 18.9 Å². The summed E-state index contributed by atoms with van der Waals surface area (Å²) in [6.07, 6.45) is -4.48. The molecule has 0 bridgehead atoms. The van der Waals surface area contributed by atoms with Crippen molar-refractivity contribution in [2.75, 3.05) is 19.5 Å². The molecule has 0 heterocycles. The Labute approximate surface area is 205 Å². The van der Waals surface area contributed by atoms with Crippen LogP contribution in [-0.4, -0.2) is 35.3 Å². The summed E-state index contributed by atoms with van der Waals surface area (Å²) in [7, 11) is 3.04. The van der Waals surface area contributed by atoms with E-state index in [1.807, 2.05) is 6.07 Å². The second kappa shape index (κ2) is 11.1. The van der Waals surface area contributed by atoms with Crippen LogP contribution < -0.4 is 14.8 Å². The third kappa shape index (κ3) is 6.86. The van der Waals surface area contributed by atoms with E-state index in [9.17, 15) is 18.0 Å². The second-order valence-corrected chi connectivity index (χ2v) is 7.94. The molecule has 3 aromatic carbocycles.